The van der Waals surface area contributed by atoms with Crippen molar-refractivity contribution in [1.29, 1.82) is 0 Å². The van der Waals surface area contributed by atoms with Gasteiger partial charge in [0.15, 0.2) is 0 Å². The van der Waals surface area contributed by atoms with Crippen LogP contribution in [0.1, 0.15) is 17.5 Å². The van der Waals surface area contributed by atoms with E-state index in [0.29, 0.717) is 0 Å². The first-order valence-corrected chi connectivity index (χ1v) is 7.33. The average molecular weight is 261 g/mol. The summed E-state index contributed by atoms with van der Waals surface area (Å²) < 4.78 is 0. The lowest BCUT2D eigenvalue weighted by atomic mass is 10.0. The van der Waals surface area contributed by atoms with Gasteiger partial charge < -0.3 is 15.5 Å². The van der Waals surface area contributed by atoms with Gasteiger partial charge in [-0.15, -0.1) is 0 Å². The molecular weight excluding hydrogens is 234 g/mol. The number of nitrogens with zero attached hydrogens (tertiary/aromatic N) is 2. The van der Waals surface area contributed by atoms with Gasteiger partial charge in [-0.05, 0) is 57.1 Å². The zero-order valence-corrected chi connectivity index (χ0v) is 12.3. The molecule has 0 aromatic heterocycles. The van der Waals surface area contributed by atoms with E-state index in [-0.39, 0.29) is 0 Å². The highest BCUT2D eigenvalue weighted by atomic mass is 15.1. The van der Waals surface area contributed by atoms with E-state index in [9.17, 15) is 0 Å². The molecule has 3 heteroatoms. The first-order valence-electron chi connectivity index (χ1n) is 7.33. The maximum atomic E-state index is 5.69. The van der Waals surface area contributed by atoms with E-state index in [1.807, 2.05) is 0 Å². The van der Waals surface area contributed by atoms with Crippen LogP contribution >= 0.6 is 0 Å². The third kappa shape index (κ3) is 4.30. The molecule has 1 atom stereocenters. The summed E-state index contributed by atoms with van der Waals surface area (Å²) in [5.41, 5.74) is 8.52. The molecule has 0 aliphatic carbocycles. The van der Waals surface area contributed by atoms with Gasteiger partial charge in [0.1, 0.15) is 0 Å². The van der Waals surface area contributed by atoms with Crippen molar-refractivity contribution in [1.82, 2.24) is 9.80 Å². The van der Waals surface area contributed by atoms with Crippen LogP contribution in [0, 0.1) is 5.92 Å². The van der Waals surface area contributed by atoms with Crippen molar-refractivity contribution in [3.8, 4) is 0 Å². The summed E-state index contributed by atoms with van der Waals surface area (Å²) in [6, 6.07) is 8.69. The number of rotatable bonds is 6. The van der Waals surface area contributed by atoms with Crippen LogP contribution in [0.2, 0.25) is 0 Å². The second-order valence-electron chi connectivity index (χ2n) is 5.92. The minimum absolute atomic E-state index is 0.730. The Hall–Kier alpha value is -0.900. The van der Waals surface area contributed by atoms with Gasteiger partial charge in [0.2, 0.25) is 0 Å². The molecule has 0 bridgehead atoms. The molecule has 0 amide bonds. The number of likely N-dealkylation sites (tertiary alicyclic amines) is 1. The Bertz CT molecular complexity index is 391. The number of hydrogen-bond donors (Lipinski definition) is 1. The smallest absolute Gasteiger partial charge is 0.0233 e. The quantitative estimate of drug-likeness (QED) is 0.844. The fraction of sp³-hybridized carbons (Fsp3) is 0.625. The van der Waals surface area contributed by atoms with Crippen molar-refractivity contribution in [3.05, 3.63) is 35.4 Å². The fourth-order valence-corrected chi connectivity index (χ4v) is 3.08. The lowest BCUT2D eigenvalue weighted by Gasteiger charge is -2.22. The van der Waals surface area contributed by atoms with E-state index >= 15 is 0 Å². The summed E-state index contributed by atoms with van der Waals surface area (Å²) in [5, 5.41) is 0. The Morgan fingerprint density at radius 1 is 1.32 bits per heavy atom. The van der Waals surface area contributed by atoms with Crippen molar-refractivity contribution in [2.24, 2.45) is 11.7 Å². The van der Waals surface area contributed by atoms with Gasteiger partial charge >= 0.3 is 0 Å². The van der Waals surface area contributed by atoms with Gasteiger partial charge in [-0.25, -0.2) is 0 Å². The molecule has 2 rings (SSSR count). The molecule has 0 saturated carbocycles. The number of benzene rings is 1. The highest BCUT2D eigenvalue weighted by Crippen LogP contribution is 2.17. The standard InChI is InChI=1S/C16H27N3/c1-18-10-8-14(11-18)12-19(2)13-16-6-4-3-5-15(16)7-9-17/h3-6,14H,7-13,17H2,1-2H3. The predicted molar refractivity (Wildman–Crippen MR) is 81.1 cm³/mol. The second kappa shape index (κ2) is 7.04. The van der Waals surface area contributed by atoms with Gasteiger partial charge in [0.05, 0.1) is 0 Å². The Morgan fingerprint density at radius 2 is 2.05 bits per heavy atom. The van der Waals surface area contributed by atoms with Crippen molar-refractivity contribution < 1.29 is 0 Å². The first-order chi connectivity index (χ1) is 9.19. The van der Waals surface area contributed by atoms with E-state index in [1.165, 1.54) is 37.2 Å². The summed E-state index contributed by atoms with van der Waals surface area (Å²) in [6.07, 6.45) is 2.32. The average Bonchev–Trinajstić information content (AvgIpc) is 2.77. The third-order valence-electron chi connectivity index (χ3n) is 4.03. The molecule has 19 heavy (non-hydrogen) atoms. The van der Waals surface area contributed by atoms with Crippen LogP contribution in [0.4, 0.5) is 0 Å². The van der Waals surface area contributed by atoms with Crippen molar-refractivity contribution in [3.63, 3.8) is 0 Å². The van der Waals surface area contributed by atoms with Crippen LogP contribution in [0.25, 0.3) is 0 Å². The van der Waals surface area contributed by atoms with Crippen LogP contribution in [0.3, 0.4) is 0 Å². The van der Waals surface area contributed by atoms with Crippen molar-refractivity contribution >= 4 is 0 Å². The van der Waals surface area contributed by atoms with Crippen LogP contribution < -0.4 is 5.73 Å². The SMILES string of the molecule is CN1CCC(CN(C)Cc2ccccc2CCN)C1. The van der Waals surface area contributed by atoms with Gasteiger partial charge in [-0.1, -0.05) is 24.3 Å². The van der Waals surface area contributed by atoms with Crippen LogP contribution in [0.5, 0.6) is 0 Å². The normalized spacial score (nSPS) is 20.3. The van der Waals surface area contributed by atoms with Crippen molar-refractivity contribution in [2.45, 2.75) is 19.4 Å². The topological polar surface area (TPSA) is 32.5 Å². The fourth-order valence-electron chi connectivity index (χ4n) is 3.08. The zero-order chi connectivity index (χ0) is 13.7. The van der Waals surface area contributed by atoms with E-state index in [4.69, 9.17) is 5.73 Å². The van der Waals surface area contributed by atoms with Gasteiger partial charge in [-0.2, -0.15) is 0 Å². The molecular formula is C16H27N3. The predicted octanol–water partition coefficient (Wildman–Crippen LogP) is 1.57. The first kappa shape index (κ1) is 14.5. The highest BCUT2D eigenvalue weighted by Gasteiger charge is 2.20. The Kier molecular flexibility index (Phi) is 5.37. The zero-order valence-electron chi connectivity index (χ0n) is 12.3. The molecule has 1 heterocycles. The third-order valence-corrected chi connectivity index (χ3v) is 4.03. The van der Waals surface area contributed by atoms with E-state index in [2.05, 4.69) is 48.2 Å². The molecule has 3 nitrogen and oxygen atoms in total. The summed E-state index contributed by atoms with van der Waals surface area (Å²) in [4.78, 5) is 4.89. The molecule has 1 aromatic carbocycles. The van der Waals surface area contributed by atoms with E-state index in [0.717, 1.165) is 25.4 Å². The van der Waals surface area contributed by atoms with E-state index < -0.39 is 0 Å². The van der Waals surface area contributed by atoms with Crippen LogP contribution in [0.15, 0.2) is 24.3 Å². The van der Waals surface area contributed by atoms with Gasteiger partial charge in [-0.3, -0.25) is 0 Å². The molecule has 106 valence electrons. The van der Waals surface area contributed by atoms with Crippen LogP contribution in [-0.4, -0.2) is 50.1 Å². The largest absolute Gasteiger partial charge is 0.330 e. The van der Waals surface area contributed by atoms with Crippen LogP contribution in [-0.2, 0) is 13.0 Å². The monoisotopic (exact) mass is 261 g/mol. The molecule has 0 spiro atoms. The summed E-state index contributed by atoms with van der Waals surface area (Å²) >= 11 is 0. The lowest BCUT2D eigenvalue weighted by Crippen LogP contribution is -2.27. The Labute approximate surface area is 117 Å². The number of nitrogens with two attached hydrogens (primary N) is 1. The molecule has 1 saturated heterocycles. The molecule has 0 radical (unpaired) electrons. The molecule has 1 fully saturated rings. The molecule has 1 unspecified atom stereocenters. The lowest BCUT2D eigenvalue weighted by molar-refractivity contribution is 0.266. The minimum atomic E-state index is 0.730. The summed E-state index contributed by atoms with van der Waals surface area (Å²) in [5.74, 6) is 0.830. The molecule has 1 aliphatic rings. The minimum Gasteiger partial charge on any atom is -0.330 e. The molecule has 1 aliphatic heterocycles. The highest BCUT2D eigenvalue weighted by molar-refractivity contribution is 5.27. The van der Waals surface area contributed by atoms with Gasteiger partial charge in [0, 0.05) is 19.6 Å². The number of hydrogen-bond acceptors (Lipinski definition) is 3. The maximum absolute atomic E-state index is 5.69. The summed E-state index contributed by atoms with van der Waals surface area (Å²) in [7, 11) is 4.45. The maximum Gasteiger partial charge on any atom is 0.0233 e. The van der Waals surface area contributed by atoms with Gasteiger partial charge in [0.25, 0.3) is 0 Å². The van der Waals surface area contributed by atoms with Crippen molar-refractivity contribution in [2.75, 3.05) is 40.3 Å². The Balaban J connectivity index is 1.89. The summed E-state index contributed by atoms with van der Waals surface area (Å²) in [6.45, 7) is 5.46. The van der Waals surface area contributed by atoms with E-state index in [1.54, 1.807) is 0 Å². The molecule has 2 N–H and O–H groups in total. The Morgan fingerprint density at radius 3 is 2.68 bits per heavy atom. The second-order valence-corrected chi connectivity index (χ2v) is 5.92. The molecule has 1 aromatic rings.